The molecule has 3 heterocycles. The molecule has 0 aliphatic heterocycles. The van der Waals surface area contributed by atoms with E-state index < -0.39 is 0 Å². The molecule has 8 heteroatoms. The number of rotatable bonds is 7. The van der Waals surface area contributed by atoms with E-state index in [9.17, 15) is 0 Å². The van der Waals surface area contributed by atoms with E-state index >= 15 is 0 Å². The number of nitrogens with one attached hydrogen (secondary N) is 3. The predicted octanol–water partition coefficient (Wildman–Crippen LogP) is 5.18. The van der Waals surface area contributed by atoms with Crippen LogP contribution in [0, 0.1) is 6.92 Å². The molecule has 1 aliphatic rings. The Bertz CT molecular complexity index is 1150. The van der Waals surface area contributed by atoms with Gasteiger partial charge in [-0.25, -0.2) is 4.98 Å². The summed E-state index contributed by atoms with van der Waals surface area (Å²) in [6.45, 7) is 2.38. The maximum absolute atomic E-state index is 5.45. The van der Waals surface area contributed by atoms with Crippen molar-refractivity contribution in [3.63, 3.8) is 0 Å². The van der Waals surface area contributed by atoms with Crippen molar-refractivity contribution in [1.29, 1.82) is 0 Å². The standard InChI is InChI=1S/C23H25N7O/c1-15-11-21(26-22-13-19(28-29-22)16-9-5-6-10-16)27-23(25-15)24-14-18-12-20(30-31-18)17-7-3-2-4-8-17/h2-4,7-8,11-13,16H,5-6,9-10,14H2,1H3,(H3,24,25,26,27,28,29). The lowest BCUT2D eigenvalue weighted by molar-refractivity contribution is 0.390. The van der Waals surface area contributed by atoms with E-state index in [1.165, 1.54) is 31.4 Å². The molecule has 4 aromatic rings. The Morgan fingerprint density at radius 2 is 1.87 bits per heavy atom. The average molecular weight is 416 g/mol. The number of aryl methyl sites for hydroxylation is 1. The van der Waals surface area contributed by atoms with Crippen molar-refractivity contribution in [3.05, 3.63) is 65.7 Å². The van der Waals surface area contributed by atoms with Gasteiger partial charge in [-0.05, 0) is 19.8 Å². The first-order chi connectivity index (χ1) is 15.2. The number of anilines is 3. The van der Waals surface area contributed by atoms with E-state index in [0.29, 0.717) is 30.0 Å². The van der Waals surface area contributed by atoms with Crippen molar-refractivity contribution < 1.29 is 4.52 Å². The number of hydrogen-bond acceptors (Lipinski definition) is 7. The van der Waals surface area contributed by atoms with Crippen LogP contribution in [0.3, 0.4) is 0 Å². The van der Waals surface area contributed by atoms with Crippen molar-refractivity contribution in [2.24, 2.45) is 0 Å². The van der Waals surface area contributed by atoms with Crippen LogP contribution >= 0.6 is 0 Å². The van der Waals surface area contributed by atoms with Gasteiger partial charge in [0.15, 0.2) is 11.6 Å². The summed E-state index contributed by atoms with van der Waals surface area (Å²) in [5, 5.41) is 18.2. The summed E-state index contributed by atoms with van der Waals surface area (Å²) in [5.74, 6) is 3.30. The summed E-state index contributed by atoms with van der Waals surface area (Å²) in [5.41, 5.74) is 3.88. The molecule has 5 rings (SSSR count). The highest BCUT2D eigenvalue weighted by atomic mass is 16.5. The number of nitrogens with zero attached hydrogens (tertiary/aromatic N) is 4. The van der Waals surface area contributed by atoms with Gasteiger partial charge in [-0.2, -0.15) is 10.1 Å². The molecule has 158 valence electrons. The number of benzene rings is 1. The van der Waals surface area contributed by atoms with Crippen molar-refractivity contribution in [3.8, 4) is 11.3 Å². The monoisotopic (exact) mass is 415 g/mol. The summed E-state index contributed by atoms with van der Waals surface area (Å²) < 4.78 is 5.45. The molecular formula is C23H25N7O. The zero-order chi connectivity index (χ0) is 21.0. The van der Waals surface area contributed by atoms with Crippen LogP contribution in [-0.4, -0.2) is 25.3 Å². The number of aromatic amines is 1. The first kappa shape index (κ1) is 19.3. The Morgan fingerprint density at radius 3 is 2.71 bits per heavy atom. The maximum Gasteiger partial charge on any atom is 0.225 e. The zero-order valence-electron chi connectivity index (χ0n) is 17.4. The van der Waals surface area contributed by atoms with E-state index in [2.05, 4.69) is 42.0 Å². The molecule has 1 fully saturated rings. The molecule has 0 radical (unpaired) electrons. The minimum Gasteiger partial charge on any atom is -0.359 e. The van der Waals surface area contributed by atoms with Gasteiger partial charge in [-0.15, -0.1) is 0 Å². The first-order valence-corrected chi connectivity index (χ1v) is 10.7. The van der Waals surface area contributed by atoms with Crippen LogP contribution in [0.25, 0.3) is 11.3 Å². The van der Waals surface area contributed by atoms with Gasteiger partial charge in [-0.1, -0.05) is 48.3 Å². The quantitative estimate of drug-likeness (QED) is 0.382. The first-order valence-electron chi connectivity index (χ1n) is 10.7. The van der Waals surface area contributed by atoms with Crippen molar-refractivity contribution >= 4 is 17.6 Å². The van der Waals surface area contributed by atoms with Gasteiger partial charge < -0.3 is 15.2 Å². The fraction of sp³-hybridized carbons (Fsp3) is 0.304. The predicted molar refractivity (Wildman–Crippen MR) is 119 cm³/mol. The molecule has 1 aliphatic carbocycles. The van der Waals surface area contributed by atoms with Gasteiger partial charge in [0.25, 0.3) is 0 Å². The Labute approximate surface area is 180 Å². The third-order valence-electron chi connectivity index (χ3n) is 5.55. The van der Waals surface area contributed by atoms with Gasteiger partial charge in [-0.3, -0.25) is 5.10 Å². The van der Waals surface area contributed by atoms with Crippen LogP contribution in [0.15, 0.2) is 53.1 Å². The Morgan fingerprint density at radius 1 is 1.03 bits per heavy atom. The lowest BCUT2D eigenvalue weighted by atomic mass is 10.0. The molecular weight excluding hydrogens is 390 g/mol. The zero-order valence-corrected chi connectivity index (χ0v) is 17.4. The summed E-state index contributed by atoms with van der Waals surface area (Å²) in [7, 11) is 0. The maximum atomic E-state index is 5.45. The lowest BCUT2D eigenvalue weighted by Gasteiger charge is -2.07. The second kappa shape index (κ2) is 8.59. The van der Waals surface area contributed by atoms with Crippen LogP contribution in [-0.2, 0) is 6.54 Å². The van der Waals surface area contributed by atoms with Gasteiger partial charge >= 0.3 is 0 Å². The molecule has 1 saturated carbocycles. The molecule has 3 aromatic heterocycles. The largest absolute Gasteiger partial charge is 0.359 e. The molecule has 3 N–H and O–H groups in total. The van der Waals surface area contributed by atoms with E-state index in [4.69, 9.17) is 4.52 Å². The van der Waals surface area contributed by atoms with Crippen molar-refractivity contribution in [1.82, 2.24) is 25.3 Å². The highest BCUT2D eigenvalue weighted by molar-refractivity contribution is 5.58. The minimum absolute atomic E-state index is 0.441. The van der Waals surface area contributed by atoms with E-state index in [0.717, 1.165) is 22.8 Å². The highest BCUT2D eigenvalue weighted by Crippen LogP contribution is 2.34. The van der Waals surface area contributed by atoms with Gasteiger partial charge in [0.05, 0.1) is 6.54 Å². The number of hydrogen-bond donors (Lipinski definition) is 3. The third-order valence-corrected chi connectivity index (χ3v) is 5.55. The molecule has 0 atom stereocenters. The van der Waals surface area contributed by atoms with E-state index in [1.54, 1.807) is 0 Å². The molecule has 1 aromatic carbocycles. The summed E-state index contributed by atoms with van der Waals surface area (Å²) in [6, 6.07) is 15.8. The van der Waals surface area contributed by atoms with E-state index in [-0.39, 0.29) is 0 Å². The van der Waals surface area contributed by atoms with Crippen LogP contribution in [0.4, 0.5) is 17.6 Å². The average Bonchev–Trinajstić information content (AvgIpc) is 3.54. The Kier molecular flexibility index (Phi) is 5.35. The smallest absolute Gasteiger partial charge is 0.225 e. The second-order valence-corrected chi connectivity index (χ2v) is 7.93. The Balaban J connectivity index is 1.24. The molecule has 0 spiro atoms. The molecule has 31 heavy (non-hydrogen) atoms. The third kappa shape index (κ3) is 4.58. The molecule has 0 amide bonds. The fourth-order valence-electron chi connectivity index (χ4n) is 4.00. The van der Waals surface area contributed by atoms with Gasteiger partial charge in [0, 0.05) is 41.1 Å². The molecule has 8 nitrogen and oxygen atoms in total. The Hall–Kier alpha value is -3.68. The van der Waals surface area contributed by atoms with Crippen molar-refractivity contribution in [2.75, 3.05) is 10.6 Å². The van der Waals surface area contributed by atoms with Crippen LogP contribution < -0.4 is 10.6 Å². The minimum atomic E-state index is 0.441. The number of aromatic nitrogens is 5. The summed E-state index contributed by atoms with van der Waals surface area (Å²) in [4.78, 5) is 9.04. The second-order valence-electron chi connectivity index (χ2n) is 7.93. The topological polar surface area (TPSA) is 105 Å². The highest BCUT2D eigenvalue weighted by Gasteiger charge is 2.19. The SMILES string of the molecule is Cc1cc(Nc2cc(C3CCCC3)[nH]n2)nc(NCc2cc(-c3ccccc3)no2)n1. The van der Waals surface area contributed by atoms with Crippen LogP contribution in [0.1, 0.15) is 48.7 Å². The van der Waals surface area contributed by atoms with Gasteiger partial charge in [0.1, 0.15) is 11.5 Å². The number of H-pyrrole nitrogens is 1. The molecule has 0 unspecified atom stereocenters. The van der Waals surface area contributed by atoms with Crippen LogP contribution in [0.5, 0.6) is 0 Å². The fourth-order valence-corrected chi connectivity index (χ4v) is 4.00. The van der Waals surface area contributed by atoms with Gasteiger partial charge in [0.2, 0.25) is 5.95 Å². The van der Waals surface area contributed by atoms with Crippen LogP contribution in [0.2, 0.25) is 0 Å². The van der Waals surface area contributed by atoms with Crippen molar-refractivity contribution in [2.45, 2.75) is 45.1 Å². The molecule has 0 bridgehead atoms. The lowest BCUT2D eigenvalue weighted by Crippen LogP contribution is -2.06. The summed E-state index contributed by atoms with van der Waals surface area (Å²) in [6.07, 6.45) is 5.06. The summed E-state index contributed by atoms with van der Waals surface area (Å²) >= 11 is 0. The molecule has 0 saturated heterocycles. The normalized spacial score (nSPS) is 14.1. The van der Waals surface area contributed by atoms with E-state index in [1.807, 2.05) is 49.4 Å².